The van der Waals surface area contributed by atoms with Gasteiger partial charge in [-0.1, -0.05) is 29.8 Å². The van der Waals surface area contributed by atoms with E-state index in [0.29, 0.717) is 31.0 Å². The average Bonchev–Trinajstić information content (AvgIpc) is 3.60. The molecule has 1 saturated carbocycles. The molecule has 0 aliphatic heterocycles. The number of nitrogens with zero attached hydrogens (tertiary/aromatic N) is 2. The van der Waals surface area contributed by atoms with Crippen LogP contribution in [-0.2, 0) is 17.8 Å². The Morgan fingerprint density at radius 2 is 1.78 bits per heavy atom. The van der Waals surface area contributed by atoms with Crippen LogP contribution in [0.1, 0.15) is 28.8 Å². The number of methoxy groups -OCH3 is 2. The second kappa shape index (κ2) is 11.9. The van der Waals surface area contributed by atoms with Crippen LogP contribution >= 0.6 is 11.3 Å². The highest BCUT2D eigenvalue weighted by molar-refractivity contribution is 7.09. The van der Waals surface area contributed by atoms with Gasteiger partial charge < -0.3 is 24.6 Å². The summed E-state index contributed by atoms with van der Waals surface area (Å²) in [7, 11) is 3.22. The van der Waals surface area contributed by atoms with E-state index in [2.05, 4.69) is 5.32 Å². The highest BCUT2D eigenvalue weighted by Crippen LogP contribution is 2.29. The number of nitrogens with one attached hydrogen (secondary N) is 1. The molecule has 1 aromatic heterocycles. The van der Waals surface area contributed by atoms with E-state index in [4.69, 9.17) is 9.47 Å². The highest BCUT2D eigenvalue weighted by Gasteiger charge is 2.35. The number of urea groups is 1. The molecule has 36 heavy (non-hydrogen) atoms. The van der Waals surface area contributed by atoms with Crippen molar-refractivity contribution in [3.63, 3.8) is 0 Å². The number of benzene rings is 2. The summed E-state index contributed by atoms with van der Waals surface area (Å²) in [6, 6.07) is 17.4. The Labute approximate surface area is 216 Å². The van der Waals surface area contributed by atoms with E-state index < -0.39 is 0 Å². The van der Waals surface area contributed by atoms with Crippen molar-refractivity contribution in [1.29, 1.82) is 0 Å². The summed E-state index contributed by atoms with van der Waals surface area (Å²) >= 11 is 1.62. The first-order valence-corrected chi connectivity index (χ1v) is 13.0. The first kappa shape index (κ1) is 25.6. The summed E-state index contributed by atoms with van der Waals surface area (Å²) in [5, 5.41) is 4.97. The third-order valence-corrected chi connectivity index (χ3v) is 7.12. The molecule has 1 aliphatic carbocycles. The van der Waals surface area contributed by atoms with Gasteiger partial charge in [0.2, 0.25) is 5.91 Å². The van der Waals surface area contributed by atoms with Crippen LogP contribution in [0.5, 0.6) is 11.5 Å². The molecule has 7 nitrogen and oxygen atoms in total. The molecule has 3 aromatic rings. The van der Waals surface area contributed by atoms with E-state index in [1.54, 1.807) is 30.5 Å². The smallest absolute Gasteiger partial charge is 0.322 e. The van der Waals surface area contributed by atoms with Crippen molar-refractivity contribution in [2.75, 3.05) is 32.6 Å². The van der Waals surface area contributed by atoms with Gasteiger partial charge >= 0.3 is 6.03 Å². The number of thiophene rings is 1. The van der Waals surface area contributed by atoms with Crippen molar-refractivity contribution in [3.8, 4) is 11.5 Å². The summed E-state index contributed by atoms with van der Waals surface area (Å²) in [5.41, 5.74) is 2.90. The largest absolute Gasteiger partial charge is 0.493 e. The monoisotopic (exact) mass is 507 g/mol. The lowest BCUT2D eigenvalue weighted by Gasteiger charge is -2.28. The summed E-state index contributed by atoms with van der Waals surface area (Å²) < 4.78 is 10.8. The fraction of sp³-hybridized carbons (Fsp3) is 0.357. The zero-order valence-electron chi connectivity index (χ0n) is 21.0. The van der Waals surface area contributed by atoms with Crippen molar-refractivity contribution >= 4 is 29.0 Å². The normalized spacial score (nSPS) is 12.6. The molecule has 0 atom stereocenters. The van der Waals surface area contributed by atoms with E-state index in [1.165, 1.54) is 0 Å². The minimum Gasteiger partial charge on any atom is -0.493 e. The first-order valence-electron chi connectivity index (χ1n) is 12.1. The molecule has 1 heterocycles. The van der Waals surface area contributed by atoms with Gasteiger partial charge in [-0.25, -0.2) is 4.79 Å². The molecule has 1 aliphatic rings. The van der Waals surface area contributed by atoms with Gasteiger partial charge in [-0.05, 0) is 67.5 Å². The van der Waals surface area contributed by atoms with E-state index in [0.717, 1.165) is 34.5 Å². The minimum atomic E-state index is -0.231. The number of carbonyl (C=O) groups is 2. The van der Waals surface area contributed by atoms with Gasteiger partial charge in [0.1, 0.15) is 6.54 Å². The topological polar surface area (TPSA) is 71.1 Å². The molecule has 4 rings (SSSR count). The Morgan fingerprint density at radius 1 is 1.03 bits per heavy atom. The quantitative estimate of drug-likeness (QED) is 0.380. The predicted octanol–water partition coefficient (Wildman–Crippen LogP) is 5.34. The van der Waals surface area contributed by atoms with Gasteiger partial charge in [-0.15, -0.1) is 11.3 Å². The fourth-order valence-electron chi connectivity index (χ4n) is 4.01. The molecule has 0 unspecified atom stereocenters. The molecule has 0 bridgehead atoms. The van der Waals surface area contributed by atoms with Crippen LogP contribution in [0.4, 0.5) is 10.5 Å². The summed E-state index contributed by atoms with van der Waals surface area (Å²) in [4.78, 5) is 31.2. The van der Waals surface area contributed by atoms with Crippen LogP contribution in [0.15, 0.2) is 60.0 Å². The number of rotatable bonds is 11. The van der Waals surface area contributed by atoms with Crippen molar-refractivity contribution in [2.45, 2.75) is 38.8 Å². The molecule has 1 fully saturated rings. The highest BCUT2D eigenvalue weighted by atomic mass is 32.1. The van der Waals surface area contributed by atoms with Gasteiger partial charge in [-0.2, -0.15) is 0 Å². The zero-order valence-corrected chi connectivity index (χ0v) is 21.8. The third kappa shape index (κ3) is 6.79. The molecular weight excluding hydrogens is 474 g/mol. The lowest BCUT2D eigenvalue weighted by atomic mass is 10.1. The molecular formula is C28H33N3O4S. The standard InChI is InChI=1S/C28H33N3O4S/c1-20-6-9-22(10-7-20)29-28(33)31(23-11-12-23)19-27(32)30(18-24-5-4-16-36-24)15-14-21-8-13-25(34-2)26(17-21)35-3/h4-10,13,16-17,23H,11-12,14-15,18-19H2,1-3H3,(H,29,33). The summed E-state index contributed by atoms with van der Waals surface area (Å²) in [6.45, 7) is 3.11. The van der Waals surface area contributed by atoms with Crippen LogP contribution in [0.2, 0.25) is 0 Å². The zero-order chi connectivity index (χ0) is 25.5. The van der Waals surface area contributed by atoms with Gasteiger partial charge in [-0.3, -0.25) is 4.79 Å². The van der Waals surface area contributed by atoms with E-state index in [-0.39, 0.29) is 24.5 Å². The van der Waals surface area contributed by atoms with Gasteiger partial charge in [0.25, 0.3) is 0 Å². The molecule has 0 spiro atoms. The maximum Gasteiger partial charge on any atom is 0.322 e. The fourth-order valence-corrected chi connectivity index (χ4v) is 4.73. The average molecular weight is 508 g/mol. The predicted molar refractivity (Wildman–Crippen MR) is 143 cm³/mol. The number of ether oxygens (including phenoxy) is 2. The van der Waals surface area contributed by atoms with Gasteiger partial charge in [0.15, 0.2) is 11.5 Å². The Balaban J connectivity index is 1.45. The Bertz CT molecular complexity index is 1160. The number of hydrogen-bond acceptors (Lipinski definition) is 5. The lowest BCUT2D eigenvalue weighted by molar-refractivity contribution is -0.132. The number of carbonyl (C=O) groups excluding carboxylic acids is 2. The number of aryl methyl sites for hydroxylation is 1. The van der Waals surface area contributed by atoms with Crippen LogP contribution in [-0.4, -0.2) is 55.1 Å². The summed E-state index contributed by atoms with van der Waals surface area (Å²) in [6.07, 6.45) is 2.51. The molecule has 190 valence electrons. The van der Waals surface area contributed by atoms with Crippen LogP contribution in [0, 0.1) is 6.92 Å². The maximum absolute atomic E-state index is 13.5. The van der Waals surface area contributed by atoms with E-state index >= 15 is 0 Å². The molecule has 8 heteroatoms. The SMILES string of the molecule is COc1ccc(CCN(Cc2cccs2)C(=O)CN(C(=O)Nc2ccc(C)cc2)C2CC2)cc1OC. The minimum absolute atomic E-state index is 0.0552. The maximum atomic E-state index is 13.5. The van der Waals surface area contributed by atoms with Gasteiger partial charge in [0, 0.05) is 23.2 Å². The van der Waals surface area contributed by atoms with Crippen molar-refractivity contribution in [1.82, 2.24) is 9.80 Å². The third-order valence-electron chi connectivity index (χ3n) is 6.25. The molecule has 3 amide bonds. The van der Waals surface area contributed by atoms with Crippen molar-refractivity contribution in [2.24, 2.45) is 0 Å². The Hall–Kier alpha value is -3.52. The Morgan fingerprint density at radius 3 is 2.42 bits per heavy atom. The molecule has 0 saturated heterocycles. The number of amides is 3. The van der Waals surface area contributed by atoms with Crippen LogP contribution < -0.4 is 14.8 Å². The first-order chi connectivity index (χ1) is 17.5. The molecule has 2 aromatic carbocycles. The lowest BCUT2D eigenvalue weighted by Crippen LogP contribution is -2.45. The summed E-state index contributed by atoms with van der Waals surface area (Å²) in [5.74, 6) is 1.28. The van der Waals surface area contributed by atoms with E-state index in [1.807, 2.05) is 71.8 Å². The Kier molecular flexibility index (Phi) is 8.48. The second-order valence-electron chi connectivity index (χ2n) is 8.99. The molecule has 1 N–H and O–H groups in total. The van der Waals surface area contributed by atoms with Crippen LogP contribution in [0.3, 0.4) is 0 Å². The number of anilines is 1. The van der Waals surface area contributed by atoms with Crippen molar-refractivity contribution in [3.05, 3.63) is 76.0 Å². The van der Waals surface area contributed by atoms with E-state index in [9.17, 15) is 9.59 Å². The van der Waals surface area contributed by atoms with Crippen LogP contribution in [0.25, 0.3) is 0 Å². The molecule has 0 radical (unpaired) electrons. The van der Waals surface area contributed by atoms with Gasteiger partial charge in [0.05, 0.1) is 20.8 Å². The van der Waals surface area contributed by atoms with Crippen molar-refractivity contribution < 1.29 is 19.1 Å². The number of hydrogen-bond donors (Lipinski definition) is 1. The second-order valence-corrected chi connectivity index (χ2v) is 10.0.